The Kier molecular flexibility index (Phi) is 4.91. The van der Waals surface area contributed by atoms with Crippen molar-refractivity contribution in [3.63, 3.8) is 0 Å². The van der Waals surface area contributed by atoms with Crippen LogP contribution in [0.15, 0.2) is 28.1 Å². The normalized spacial score (nSPS) is 10.3. The number of rotatable bonds is 6. The van der Waals surface area contributed by atoms with Crippen molar-refractivity contribution < 1.29 is 4.92 Å². The van der Waals surface area contributed by atoms with Crippen LogP contribution >= 0.6 is 27.3 Å². The maximum absolute atomic E-state index is 10.8. The van der Waals surface area contributed by atoms with Crippen molar-refractivity contribution in [2.45, 2.75) is 6.42 Å². The molecule has 2 heterocycles. The van der Waals surface area contributed by atoms with Gasteiger partial charge in [-0.25, -0.2) is 4.98 Å². The van der Waals surface area contributed by atoms with Crippen molar-refractivity contribution in [1.29, 1.82) is 0 Å². The second kappa shape index (κ2) is 6.67. The van der Waals surface area contributed by atoms with E-state index in [0.717, 1.165) is 10.2 Å². The molecule has 20 heavy (non-hydrogen) atoms. The van der Waals surface area contributed by atoms with Crippen molar-refractivity contribution in [2.75, 3.05) is 24.2 Å². The van der Waals surface area contributed by atoms with Gasteiger partial charge in [0.1, 0.15) is 11.6 Å². The first-order valence-corrected chi connectivity index (χ1v) is 7.52. The highest BCUT2D eigenvalue weighted by Crippen LogP contribution is 2.23. The van der Waals surface area contributed by atoms with Crippen LogP contribution in [0.1, 0.15) is 4.88 Å². The first-order valence-electron chi connectivity index (χ1n) is 5.91. The summed E-state index contributed by atoms with van der Waals surface area (Å²) in [5, 5.41) is 16.8. The Labute approximate surface area is 128 Å². The van der Waals surface area contributed by atoms with E-state index in [0.29, 0.717) is 18.2 Å². The highest BCUT2D eigenvalue weighted by atomic mass is 79.9. The monoisotopic (exact) mass is 356 g/mol. The van der Waals surface area contributed by atoms with Crippen LogP contribution < -0.4 is 10.6 Å². The summed E-state index contributed by atoms with van der Waals surface area (Å²) in [5.74, 6) is 0.972. The molecule has 0 aliphatic heterocycles. The van der Waals surface area contributed by atoms with Gasteiger partial charge in [-0.15, -0.1) is 11.3 Å². The SMILES string of the molecule is CNc1cc([N+](=O)[O-])cc(NCCc2ccc(Br)s2)n1. The average molecular weight is 357 g/mol. The van der Waals surface area contributed by atoms with Gasteiger partial charge in [-0.05, 0) is 34.5 Å². The fraction of sp³-hybridized carbons (Fsp3) is 0.250. The molecule has 2 N–H and O–H groups in total. The lowest BCUT2D eigenvalue weighted by atomic mass is 10.3. The van der Waals surface area contributed by atoms with Gasteiger partial charge in [-0.1, -0.05) is 0 Å². The molecular weight excluding hydrogens is 344 g/mol. The summed E-state index contributed by atoms with van der Waals surface area (Å²) in [6.45, 7) is 0.671. The number of thiophene rings is 1. The molecule has 0 unspecified atom stereocenters. The van der Waals surface area contributed by atoms with Gasteiger partial charge in [0, 0.05) is 18.5 Å². The van der Waals surface area contributed by atoms with Gasteiger partial charge >= 0.3 is 0 Å². The molecule has 0 aliphatic carbocycles. The smallest absolute Gasteiger partial charge is 0.276 e. The van der Waals surface area contributed by atoms with Gasteiger partial charge in [0.05, 0.1) is 20.8 Å². The number of nitrogens with one attached hydrogen (secondary N) is 2. The number of pyridine rings is 1. The number of hydrogen-bond acceptors (Lipinski definition) is 6. The van der Waals surface area contributed by atoms with E-state index in [1.54, 1.807) is 18.4 Å². The minimum atomic E-state index is -0.427. The molecule has 6 nitrogen and oxygen atoms in total. The lowest BCUT2D eigenvalue weighted by molar-refractivity contribution is -0.384. The van der Waals surface area contributed by atoms with Crippen LogP contribution in [0.4, 0.5) is 17.3 Å². The summed E-state index contributed by atoms with van der Waals surface area (Å²) in [4.78, 5) is 15.9. The zero-order chi connectivity index (χ0) is 14.5. The first kappa shape index (κ1) is 14.7. The van der Waals surface area contributed by atoms with E-state index in [1.165, 1.54) is 17.0 Å². The van der Waals surface area contributed by atoms with Crippen LogP contribution in [-0.2, 0) is 6.42 Å². The second-order valence-electron chi connectivity index (χ2n) is 3.99. The Balaban J connectivity index is 2.01. The summed E-state index contributed by atoms with van der Waals surface area (Å²) in [5.41, 5.74) is 0.0192. The van der Waals surface area contributed by atoms with Crippen molar-refractivity contribution in [3.05, 3.63) is 43.0 Å². The van der Waals surface area contributed by atoms with Crippen LogP contribution in [0, 0.1) is 10.1 Å². The molecule has 8 heteroatoms. The molecule has 0 saturated heterocycles. The minimum absolute atomic E-state index is 0.0192. The Morgan fingerprint density at radius 2 is 2.15 bits per heavy atom. The predicted octanol–water partition coefficient (Wildman–Crippen LogP) is 3.51. The summed E-state index contributed by atoms with van der Waals surface area (Å²) in [7, 11) is 1.68. The number of halogens is 1. The molecule has 0 aliphatic rings. The summed E-state index contributed by atoms with van der Waals surface area (Å²) in [6, 6.07) is 6.90. The lowest BCUT2D eigenvalue weighted by Crippen LogP contribution is -2.07. The summed E-state index contributed by atoms with van der Waals surface area (Å²) in [6.07, 6.45) is 0.843. The van der Waals surface area contributed by atoms with Crippen molar-refractivity contribution in [3.8, 4) is 0 Å². The third-order valence-corrected chi connectivity index (χ3v) is 4.27. The maximum atomic E-state index is 10.8. The van der Waals surface area contributed by atoms with Gasteiger partial charge in [0.15, 0.2) is 0 Å². The Morgan fingerprint density at radius 3 is 2.75 bits per heavy atom. The second-order valence-corrected chi connectivity index (χ2v) is 6.53. The van der Waals surface area contributed by atoms with E-state index in [4.69, 9.17) is 0 Å². The van der Waals surface area contributed by atoms with E-state index in [1.807, 2.05) is 6.07 Å². The van der Waals surface area contributed by atoms with E-state index in [9.17, 15) is 10.1 Å². The predicted molar refractivity (Wildman–Crippen MR) is 84.7 cm³/mol. The molecule has 0 fully saturated rings. The molecule has 0 saturated carbocycles. The molecule has 0 atom stereocenters. The van der Waals surface area contributed by atoms with E-state index < -0.39 is 4.92 Å². The first-order chi connectivity index (χ1) is 9.58. The fourth-order valence-corrected chi connectivity index (χ4v) is 3.12. The van der Waals surface area contributed by atoms with Gasteiger partial charge in [0.2, 0.25) is 0 Å². The minimum Gasteiger partial charge on any atom is -0.373 e. The van der Waals surface area contributed by atoms with Crippen molar-refractivity contribution in [2.24, 2.45) is 0 Å². The third kappa shape index (κ3) is 3.91. The van der Waals surface area contributed by atoms with E-state index >= 15 is 0 Å². The molecule has 0 radical (unpaired) electrons. The molecule has 2 aromatic heterocycles. The van der Waals surface area contributed by atoms with Gasteiger partial charge in [0.25, 0.3) is 5.69 Å². The van der Waals surface area contributed by atoms with Crippen molar-refractivity contribution >= 4 is 44.6 Å². The van der Waals surface area contributed by atoms with E-state index in [-0.39, 0.29) is 5.69 Å². The van der Waals surface area contributed by atoms with Crippen LogP contribution in [0.3, 0.4) is 0 Å². The fourth-order valence-electron chi connectivity index (χ4n) is 1.64. The molecule has 2 rings (SSSR count). The summed E-state index contributed by atoms with van der Waals surface area (Å²) >= 11 is 5.09. The number of nitrogens with zero attached hydrogens (tertiary/aromatic N) is 2. The Bertz CT molecular complexity index is 617. The molecule has 0 aromatic carbocycles. The van der Waals surface area contributed by atoms with Gasteiger partial charge in [-0.3, -0.25) is 10.1 Å². The van der Waals surface area contributed by atoms with Gasteiger partial charge in [-0.2, -0.15) is 0 Å². The van der Waals surface area contributed by atoms with Crippen LogP contribution in [0.2, 0.25) is 0 Å². The third-order valence-electron chi connectivity index (χ3n) is 2.58. The quantitative estimate of drug-likeness (QED) is 0.611. The highest BCUT2D eigenvalue weighted by molar-refractivity contribution is 9.11. The Hall–Kier alpha value is -1.67. The van der Waals surface area contributed by atoms with Crippen molar-refractivity contribution in [1.82, 2.24) is 4.98 Å². The number of nitro groups is 1. The number of anilines is 2. The topological polar surface area (TPSA) is 80.1 Å². The molecule has 2 aromatic rings. The van der Waals surface area contributed by atoms with Gasteiger partial charge < -0.3 is 10.6 Å². The van der Waals surface area contributed by atoms with E-state index in [2.05, 4.69) is 37.6 Å². The largest absolute Gasteiger partial charge is 0.373 e. The Morgan fingerprint density at radius 1 is 1.40 bits per heavy atom. The standard InChI is InChI=1S/C12H13BrN4O2S/c1-14-11-6-8(17(18)19)7-12(16-11)15-5-4-9-2-3-10(13)20-9/h2-3,6-7H,4-5H2,1H3,(H2,14,15,16). The molecule has 0 amide bonds. The molecular formula is C12H13BrN4O2S. The van der Waals surface area contributed by atoms with Crippen LogP contribution in [0.5, 0.6) is 0 Å². The molecule has 0 spiro atoms. The zero-order valence-electron chi connectivity index (χ0n) is 10.7. The molecule has 106 valence electrons. The van der Waals surface area contributed by atoms with Crippen LogP contribution in [0.25, 0.3) is 0 Å². The highest BCUT2D eigenvalue weighted by Gasteiger charge is 2.10. The summed E-state index contributed by atoms with van der Waals surface area (Å²) < 4.78 is 1.10. The lowest BCUT2D eigenvalue weighted by Gasteiger charge is -2.07. The average Bonchev–Trinajstić information content (AvgIpc) is 2.84. The number of hydrogen-bond donors (Lipinski definition) is 2. The van der Waals surface area contributed by atoms with Crippen LogP contribution in [-0.4, -0.2) is 23.5 Å². The number of aromatic nitrogens is 1. The maximum Gasteiger partial charge on any atom is 0.276 e. The molecule has 0 bridgehead atoms. The zero-order valence-corrected chi connectivity index (χ0v) is 13.1.